The molecule has 0 spiro atoms. The van der Waals surface area contributed by atoms with E-state index in [0.717, 1.165) is 22.3 Å². The van der Waals surface area contributed by atoms with Gasteiger partial charge in [0.25, 0.3) is 20.2 Å². The molecule has 0 fully saturated rings. The largest absolute Gasteiger partial charge is 1.00 e. The third-order valence-corrected chi connectivity index (χ3v) is 16.8. The zero-order valence-electron chi connectivity index (χ0n) is 39.9. The second-order valence-corrected chi connectivity index (χ2v) is 25.3. The molecule has 4 N–H and O–H groups in total. The molecule has 0 atom stereocenters. The maximum atomic E-state index is 12.4. The first-order valence-corrected chi connectivity index (χ1v) is 30.2. The number of nitrogens with zero attached hydrogens (tertiary/aromatic N) is 4. The van der Waals surface area contributed by atoms with Gasteiger partial charge in [0.15, 0.2) is 18.3 Å². The van der Waals surface area contributed by atoms with Crippen LogP contribution in [0.25, 0.3) is 88.1 Å². The van der Waals surface area contributed by atoms with Crippen molar-refractivity contribution < 1.29 is 137 Å². The Hall–Kier alpha value is -5.58. The Morgan fingerprint density at radius 2 is 0.590 bits per heavy atom. The topological polar surface area (TPSA) is 383 Å². The van der Waals surface area contributed by atoms with E-state index < -0.39 is 78.6 Å². The minimum absolute atomic E-state index is 0. The number of fused-ring (bicyclic) bond motifs is 6. The van der Waals surface area contributed by atoms with Crippen molar-refractivity contribution in [3.8, 4) is 44.5 Å². The molecule has 0 aliphatic rings. The van der Waals surface area contributed by atoms with Crippen molar-refractivity contribution in [2.45, 2.75) is 19.8 Å². The van der Waals surface area contributed by atoms with Crippen LogP contribution in [-0.2, 0) is 58.8 Å². The fourth-order valence-corrected chi connectivity index (χ4v) is 12.0. The quantitative estimate of drug-likeness (QED) is 0.0683. The fourth-order valence-electron chi connectivity index (χ4n) is 8.15. The summed E-state index contributed by atoms with van der Waals surface area (Å²) < 4.78 is 193. The normalized spacial score (nSPS) is 12.1. The average molecular weight is 1190 g/mol. The minimum atomic E-state index is -5.67. The molecule has 22 nitrogen and oxygen atoms in total. The Balaban J connectivity index is 0.000000217. The molecule has 0 aliphatic carbocycles. The molecule has 0 saturated heterocycles. The number of aromatic nitrogens is 4. The van der Waals surface area contributed by atoms with Gasteiger partial charge < -0.3 is 9.11 Å². The summed E-state index contributed by atoms with van der Waals surface area (Å²) in [5.41, 5.74) is 4.56. The molecular formula is C48H32N4Na2O18S6. The summed E-state index contributed by atoms with van der Waals surface area (Å²) in [5.74, 6) is 0. The van der Waals surface area contributed by atoms with Gasteiger partial charge in [-0.1, -0.05) is 146 Å². The van der Waals surface area contributed by atoms with E-state index in [9.17, 15) is 77.8 Å². The van der Waals surface area contributed by atoms with Crippen molar-refractivity contribution in [2.75, 3.05) is 0 Å². The SMILES string of the molecule is O=S(=O)(O)c1nc2c(ccc3c(-c4ccccc4)ccnc32)c(-c2ccccc2)c1S(=O)(=O)O.O=S(=O)(O)c1nc2c(ccc3c(-c4ccccc4)ccnc32)c(-c2ccccc2)c1S(=O)(=O)O.O=S(=O)([O-])S(=O)(=O)[O-].[Na+].[Na+]. The summed E-state index contributed by atoms with van der Waals surface area (Å²) in [6.07, 6.45) is 3.08. The molecule has 78 heavy (non-hydrogen) atoms. The molecule has 10 rings (SSSR count). The van der Waals surface area contributed by atoms with Crippen LogP contribution in [-0.4, -0.2) is 97.8 Å². The van der Waals surface area contributed by atoms with Crippen LogP contribution in [0.4, 0.5) is 0 Å². The maximum Gasteiger partial charge on any atom is 1.00 e. The van der Waals surface area contributed by atoms with Crippen molar-refractivity contribution in [1.82, 2.24) is 19.9 Å². The summed E-state index contributed by atoms with van der Waals surface area (Å²) in [6, 6.07) is 45.4. The molecule has 0 saturated carbocycles. The van der Waals surface area contributed by atoms with Gasteiger partial charge in [-0.15, -0.1) is 0 Å². The van der Waals surface area contributed by atoms with Gasteiger partial charge in [-0.05, 0) is 45.5 Å². The van der Waals surface area contributed by atoms with Gasteiger partial charge in [-0.25, -0.2) is 26.8 Å². The Kier molecular flexibility index (Phi) is 18.7. The molecule has 0 radical (unpaired) electrons. The van der Waals surface area contributed by atoms with Crippen molar-refractivity contribution in [3.05, 3.63) is 170 Å². The van der Waals surface area contributed by atoms with Crippen LogP contribution in [0.5, 0.6) is 0 Å². The van der Waals surface area contributed by atoms with Gasteiger partial charge in [-0.3, -0.25) is 28.2 Å². The maximum absolute atomic E-state index is 12.4. The van der Waals surface area contributed by atoms with E-state index in [0.29, 0.717) is 32.9 Å². The van der Waals surface area contributed by atoms with E-state index in [1.165, 1.54) is 12.4 Å². The molecule has 0 aliphatic heterocycles. The molecule has 390 valence electrons. The van der Waals surface area contributed by atoms with Crippen LogP contribution < -0.4 is 59.1 Å². The number of benzene rings is 6. The van der Waals surface area contributed by atoms with Crippen LogP contribution in [0.1, 0.15) is 0 Å². The minimum Gasteiger partial charge on any atom is -0.736 e. The number of pyridine rings is 4. The van der Waals surface area contributed by atoms with Gasteiger partial charge in [-0.2, -0.15) is 33.7 Å². The van der Waals surface area contributed by atoms with Crippen LogP contribution in [0.2, 0.25) is 0 Å². The number of hydrogen-bond donors (Lipinski definition) is 4. The van der Waals surface area contributed by atoms with Crippen molar-refractivity contribution >= 4 is 102 Å². The molecule has 6 aromatic carbocycles. The van der Waals surface area contributed by atoms with Gasteiger partial charge in [0.1, 0.15) is 9.79 Å². The molecule has 4 aromatic heterocycles. The zero-order valence-corrected chi connectivity index (χ0v) is 48.8. The van der Waals surface area contributed by atoms with Crippen LogP contribution >= 0.6 is 0 Å². The van der Waals surface area contributed by atoms with Gasteiger partial charge in [0, 0.05) is 45.1 Å². The van der Waals surface area contributed by atoms with Crippen molar-refractivity contribution in [2.24, 2.45) is 0 Å². The van der Waals surface area contributed by atoms with Crippen LogP contribution in [0, 0.1) is 0 Å². The molecule has 30 heteroatoms. The monoisotopic (exact) mass is 1190 g/mol. The number of rotatable bonds is 9. The molecular weight excluding hydrogens is 1160 g/mol. The van der Waals surface area contributed by atoms with Crippen LogP contribution in [0.3, 0.4) is 0 Å². The summed E-state index contributed by atoms with van der Waals surface area (Å²) in [7, 11) is -31.9. The van der Waals surface area contributed by atoms with E-state index in [1.54, 1.807) is 97.1 Å². The Morgan fingerprint density at radius 1 is 0.321 bits per heavy atom. The molecule has 0 unspecified atom stereocenters. The van der Waals surface area contributed by atoms with Crippen molar-refractivity contribution in [3.63, 3.8) is 0 Å². The standard InChI is InChI=1S/2C24H16N2O6S2.2Na.H2O6S2/c2*27-33(28,29)23-20(16-9-5-2-6-10-16)19-12-11-18-17(15-7-3-1-4-8-15)13-14-25-21(18)22(19)26-24(23)34(30,31)32;;;1-7(2,3)8(4,5)6/h2*1-14H,(H,27,28,29)(H,30,31,32);;;(H,1,2,3)(H,4,5,6)/q;;2*+1;/p-2. The Morgan fingerprint density at radius 3 is 0.846 bits per heavy atom. The second-order valence-electron chi connectivity index (χ2n) is 15.9. The third-order valence-electron chi connectivity index (χ3n) is 11.1. The van der Waals surface area contributed by atoms with Gasteiger partial charge in [0.05, 0.1) is 22.1 Å². The van der Waals surface area contributed by atoms with E-state index in [4.69, 9.17) is 0 Å². The van der Waals surface area contributed by atoms with E-state index in [-0.39, 0.29) is 92.0 Å². The smallest absolute Gasteiger partial charge is 0.736 e. The first kappa shape index (κ1) is 61.6. The fraction of sp³-hybridized carbons (Fsp3) is 0. The summed E-state index contributed by atoms with van der Waals surface area (Å²) in [5, 5.41) is -0.545. The molecule has 4 heterocycles. The first-order valence-electron chi connectivity index (χ1n) is 21.1. The predicted molar refractivity (Wildman–Crippen MR) is 274 cm³/mol. The number of hydrogen-bond acceptors (Lipinski definition) is 18. The average Bonchev–Trinajstić information content (AvgIpc) is 3.43. The van der Waals surface area contributed by atoms with Crippen molar-refractivity contribution in [1.29, 1.82) is 0 Å². The Bertz CT molecular complexity index is 4380. The van der Waals surface area contributed by atoms with Gasteiger partial charge in [0.2, 0.25) is 10.1 Å². The summed E-state index contributed by atoms with van der Waals surface area (Å²) in [6.45, 7) is 0. The van der Waals surface area contributed by atoms with E-state index >= 15 is 0 Å². The molecule has 10 aromatic rings. The zero-order chi connectivity index (χ0) is 55.2. The van der Waals surface area contributed by atoms with Crippen LogP contribution in [0.15, 0.2) is 190 Å². The first-order chi connectivity index (χ1) is 35.6. The van der Waals surface area contributed by atoms with E-state index in [1.807, 2.05) is 60.7 Å². The molecule has 0 amide bonds. The summed E-state index contributed by atoms with van der Waals surface area (Å²) in [4.78, 5) is 14.8. The molecule has 0 bridgehead atoms. The third kappa shape index (κ3) is 13.0. The predicted octanol–water partition coefficient (Wildman–Crippen LogP) is 1.22. The van der Waals surface area contributed by atoms with E-state index in [2.05, 4.69) is 19.9 Å². The second kappa shape index (κ2) is 23.6. The summed E-state index contributed by atoms with van der Waals surface area (Å²) >= 11 is 0. The van der Waals surface area contributed by atoms with Gasteiger partial charge >= 0.3 is 79.4 Å². The Labute approximate surface area is 488 Å².